The van der Waals surface area contributed by atoms with Crippen LogP contribution in [0.25, 0.3) is 32.7 Å². The average Bonchev–Trinajstić information content (AvgIpc) is 2.56. The van der Waals surface area contributed by atoms with Gasteiger partial charge in [0, 0.05) is 0 Å². The summed E-state index contributed by atoms with van der Waals surface area (Å²) in [5.41, 5.74) is 2.56. The van der Waals surface area contributed by atoms with Gasteiger partial charge >= 0.3 is 146 Å². The van der Waals surface area contributed by atoms with Crippen molar-refractivity contribution in [2.24, 2.45) is 0 Å². The van der Waals surface area contributed by atoms with Gasteiger partial charge in [0.2, 0.25) is 0 Å². The second kappa shape index (κ2) is 5.57. The van der Waals surface area contributed by atoms with Crippen LogP contribution in [0.5, 0.6) is 0 Å². The van der Waals surface area contributed by atoms with Gasteiger partial charge in [-0.25, -0.2) is 0 Å². The van der Waals surface area contributed by atoms with Gasteiger partial charge in [0.1, 0.15) is 0 Å². The predicted octanol–water partition coefficient (Wildman–Crippen LogP) is 3.25. The Morgan fingerprint density at radius 3 is 1.32 bits per heavy atom. The Balaban J connectivity index is 2.21. The van der Waals surface area contributed by atoms with Crippen LogP contribution >= 0.6 is 0 Å². The summed E-state index contributed by atoms with van der Waals surface area (Å²) in [7, 11) is 0. The van der Waals surface area contributed by atoms with Gasteiger partial charge in [0.05, 0.1) is 0 Å². The van der Waals surface area contributed by atoms with Crippen molar-refractivity contribution in [3.8, 4) is 11.1 Å². The van der Waals surface area contributed by atoms with E-state index in [0.29, 0.717) is 0 Å². The van der Waals surface area contributed by atoms with E-state index in [0.717, 1.165) is 0 Å². The number of hydrogen-bond acceptors (Lipinski definition) is 0. The van der Waals surface area contributed by atoms with Crippen LogP contribution in [0.4, 0.5) is 0 Å². The molecule has 0 aliphatic heterocycles. The summed E-state index contributed by atoms with van der Waals surface area (Å²) in [5.74, 6) is 0. The summed E-state index contributed by atoms with van der Waals surface area (Å²) < 4.78 is 2.37. The Labute approximate surface area is 146 Å². The molecule has 0 spiro atoms. The molecule has 0 saturated carbocycles. The Hall–Kier alpha value is -1.56. The number of benzene rings is 4. The molecule has 0 aliphatic carbocycles. The van der Waals surface area contributed by atoms with Crippen LogP contribution in [0, 0.1) is 0 Å². The summed E-state index contributed by atoms with van der Waals surface area (Å²) in [6.45, 7) is 0. The quantitative estimate of drug-likeness (QED) is 0.423. The van der Waals surface area contributed by atoms with Crippen molar-refractivity contribution in [2.75, 3.05) is 0 Å². The second-order valence-electron chi connectivity index (χ2n) is 5.32. The molecule has 0 amide bonds. The Morgan fingerprint density at radius 1 is 0.455 bits per heavy atom. The SMILES string of the molecule is [Se]c1ccc2ccccc2c1-c1c([Se])ccc2ccccc12. The van der Waals surface area contributed by atoms with Gasteiger partial charge in [-0.2, -0.15) is 0 Å². The molecule has 0 fully saturated rings. The molecule has 4 rings (SSSR count). The summed E-state index contributed by atoms with van der Waals surface area (Å²) in [4.78, 5) is 0. The molecule has 0 aromatic heterocycles. The zero-order valence-electron chi connectivity index (χ0n) is 11.7. The Kier molecular flexibility index (Phi) is 3.56. The molecule has 4 aromatic carbocycles. The molecule has 0 unspecified atom stereocenters. The van der Waals surface area contributed by atoms with Gasteiger partial charge in [-0.05, 0) is 0 Å². The van der Waals surface area contributed by atoms with Crippen LogP contribution in [-0.2, 0) is 0 Å². The molecule has 0 nitrogen and oxygen atoms in total. The van der Waals surface area contributed by atoms with E-state index >= 15 is 0 Å². The monoisotopic (exact) mass is 412 g/mol. The molecule has 0 saturated heterocycles. The van der Waals surface area contributed by atoms with Crippen molar-refractivity contribution in [3.05, 3.63) is 72.8 Å². The van der Waals surface area contributed by atoms with Gasteiger partial charge in [-0.3, -0.25) is 0 Å². The first-order valence-corrected chi connectivity index (χ1v) is 8.85. The van der Waals surface area contributed by atoms with Gasteiger partial charge in [-0.1, -0.05) is 0 Å². The van der Waals surface area contributed by atoms with Gasteiger partial charge < -0.3 is 0 Å². The molecule has 4 aromatic rings. The fraction of sp³-hybridized carbons (Fsp3) is 0. The predicted molar refractivity (Wildman–Crippen MR) is 97.7 cm³/mol. The van der Waals surface area contributed by atoms with E-state index < -0.39 is 0 Å². The van der Waals surface area contributed by atoms with Crippen LogP contribution in [-0.4, -0.2) is 32.0 Å². The molecule has 2 radical (unpaired) electrons. The van der Waals surface area contributed by atoms with E-state index in [4.69, 9.17) is 0 Å². The first-order chi connectivity index (χ1) is 10.8. The molecule has 0 heterocycles. The van der Waals surface area contributed by atoms with E-state index in [9.17, 15) is 0 Å². The third-order valence-corrected chi connectivity index (χ3v) is 5.46. The zero-order valence-corrected chi connectivity index (χ0v) is 15.2. The first kappa shape index (κ1) is 14.1. The summed E-state index contributed by atoms with van der Waals surface area (Å²) in [5, 5.41) is 5.10. The summed E-state index contributed by atoms with van der Waals surface area (Å²) >= 11 is 6.48. The van der Waals surface area contributed by atoms with Gasteiger partial charge in [0.15, 0.2) is 0 Å². The van der Waals surface area contributed by atoms with E-state index in [2.05, 4.69) is 105 Å². The van der Waals surface area contributed by atoms with Crippen molar-refractivity contribution < 1.29 is 0 Å². The third kappa shape index (κ3) is 2.20. The molecule has 104 valence electrons. The zero-order chi connectivity index (χ0) is 15.1. The standard InChI is InChI=1S/C20H12Se2/c21-17-11-9-13-5-1-3-7-15(13)19(17)20-16-8-4-2-6-14(16)10-12-18(20)22/h1-12H. The Morgan fingerprint density at radius 2 is 0.864 bits per heavy atom. The molecule has 0 atom stereocenters. The number of hydrogen-bond donors (Lipinski definition) is 0. The maximum absolute atomic E-state index is 3.24. The van der Waals surface area contributed by atoms with Crippen molar-refractivity contribution in [1.29, 1.82) is 0 Å². The fourth-order valence-electron chi connectivity index (χ4n) is 3.02. The normalized spacial score (nSPS) is 11.1. The third-order valence-electron chi connectivity index (χ3n) is 4.03. The molecule has 22 heavy (non-hydrogen) atoms. The van der Waals surface area contributed by atoms with Crippen LogP contribution in [0.1, 0.15) is 0 Å². The van der Waals surface area contributed by atoms with E-state index in [-0.39, 0.29) is 0 Å². The topological polar surface area (TPSA) is 0 Å². The van der Waals surface area contributed by atoms with Crippen molar-refractivity contribution in [1.82, 2.24) is 0 Å². The fourth-order valence-corrected chi connectivity index (χ4v) is 4.19. The average molecular weight is 410 g/mol. The minimum absolute atomic E-state index is 1.19. The number of rotatable bonds is 1. The van der Waals surface area contributed by atoms with Crippen molar-refractivity contribution in [2.45, 2.75) is 0 Å². The number of fused-ring (bicyclic) bond motifs is 2. The molecule has 0 N–H and O–H groups in total. The molecular weight excluding hydrogens is 398 g/mol. The van der Waals surface area contributed by atoms with Crippen LogP contribution < -0.4 is 8.92 Å². The first-order valence-electron chi connectivity index (χ1n) is 7.13. The molecule has 2 heteroatoms. The van der Waals surface area contributed by atoms with Crippen molar-refractivity contribution >= 4 is 62.5 Å². The van der Waals surface area contributed by atoms with Crippen LogP contribution in [0.15, 0.2) is 72.8 Å². The Bertz CT molecular complexity index is 920. The summed E-state index contributed by atoms with van der Waals surface area (Å²) in [6.07, 6.45) is 0. The van der Waals surface area contributed by atoms with Gasteiger partial charge in [-0.15, -0.1) is 0 Å². The minimum atomic E-state index is 1.19. The molecule has 0 aliphatic rings. The van der Waals surface area contributed by atoms with Crippen molar-refractivity contribution in [3.63, 3.8) is 0 Å². The summed E-state index contributed by atoms with van der Waals surface area (Å²) in [6, 6.07) is 25.8. The van der Waals surface area contributed by atoms with Gasteiger partial charge in [0.25, 0.3) is 0 Å². The van der Waals surface area contributed by atoms with E-state index in [1.54, 1.807) is 0 Å². The molecular formula is C20H12Se2. The van der Waals surface area contributed by atoms with Crippen LogP contribution in [0.2, 0.25) is 0 Å². The maximum atomic E-state index is 3.24. The van der Waals surface area contributed by atoms with Crippen LogP contribution in [0.3, 0.4) is 0 Å². The molecule has 0 bridgehead atoms. The second-order valence-corrected chi connectivity index (χ2v) is 7.17. The van der Waals surface area contributed by atoms with E-state index in [1.807, 2.05) is 0 Å². The van der Waals surface area contributed by atoms with E-state index in [1.165, 1.54) is 41.6 Å².